The first-order valence-electron chi connectivity index (χ1n) is 13.7. The Labute approximate surface area is 270 Å². The molecule has 10 nitrogen and oxygen atoms in total. The zero-order chi connectivity index (χ0) is 31.2. The van der Waals surface area contributed by atoms with Crippen LogP contribution in [0.2, 0.25) is 0 Å². The van der Waals surface area contributed by atoms with E-state index in [9.17, 15) is 19.7 Å². The minimum absolute atomic E-state index is 0.0939. The maximum absolute atomic E-state index is 12.3. The van der Waals surface area contributed by atoms with Crippen molar-refractivity contribution in [3.8, 4) is 0 Å². The van der Waals surface area contributed by atoms with Crippen molar-refractivity contribution in [2.24, 2.45) is 0 Å². The van der Waals surface area contributed by atoms with Gasteiger partial charge in [0.05, 0.1) is 16.3 Å². The highest BCUT2D eigenvalue weighted by Crippen LogP contribution is 2.40. The number of ether oxygens (including phenoxy) is 2. The number of nitrogens with zero attached hydrogens (tertiary/aromatic N) is 3. The van der Waals surface area contributed by atoms with E-state index < -0.39 is 11.0 Å². The van der Waals surface area contributed by atoms with Gasteiger partial charge in [-0.2, -0.15) is 0 Å². The molecule has 4 aromatic carbocycles. The number of nitrogens with two attached hydrogens (primary N) is 1. The summed E-state index contributed by atoms with van der Waals surface area (Å²) in [6.07, 6.45) is 0.430. The van der Waals surface area contributed by atoms with E-state index in [0.29, 0.717) is 35.4 Å². The molecule has 0 bridgehead atoms. The Hall–Kier alpha value is -4.42. The minimum atomic E-state index is -0.571. The highest BCUT2D eigenvalue weighted by atomic mass is 79.9. The van der Waals surface area contributed by atoms with Crippen LogP contribution in [0.15, 0.2) is 93.9 Å². The van der Waals surface area contributed by atoms with E-state index in [1.807, 2.05) is 72.8 Å². The second-order valence-electron chi connectivity index (χ2n) is 10.1. The minimum Gasteiger partial charge on any atom is -0.444 e. The maximum Gasteiger partial charge on any atom is 0.414 e. The molecule has 6 rings (SSSR count). The van der Waals surface area contributed by atoms with E-state index in [1.165, 1.54) is 11.0 Å². The summed E-state index contributed by atoms with van der Waals surface area (Å²) in [6, 6.07) is 25.9. The van der Waals surface area contributed by atoms with Crippen molar-refractivity contribution in [2.45, 2.75) is 26.1 Å². The summed E-state index contributed by atoms with van der Waals surface area (Å²) >= 11 is 6.68. The lowest BCUT2D eigenvalue weighted by Crippen LogP contribution is -2.30. The van der Waals surface area contributed by atoms with Crippen molar-refractivity contribution in [2.75, 3.05) is 28.6 Å². The molecule has 4 aromatic rings. The van der Waals surface area contributed by atoms with Gasteiger partial charge in [0.1, 0.15) is 18.9 Å². The Morgan fingerprint density at radius 3 is 1.70 bits per heavy atom. The first-order chi connectivity index (χ1) is 21.2. The fourth-order valence-electron chi connectivity index (χ4n) is 5.13. The molecule has 0 spiro atoms. The standard InChI is InChI=1S/C16H13BrN2O4.C16H15BrN2O2/c17-13-8-12-6-7-18(15(12)14(9-13)19(21)22)16(20)23-10-11-4-2-1-3-5-11;17-13-8-12-6-7-19(15(12)14(18)9-13)16(20)21-10-11-4-2-1-3-5-11/h1-5,8-9H,6-7,10H2;1-5,8-9H,6-7,10,18H2. The molecule has 0 saturated carbocycles. The van der Waals surface area contributed by atoms with Crippen LogP contribution in [0.1, 0.15) is 22.3 Å². The van der Waals surface area contributed by atoms with Crippen molar-refractivity contribution >= 4 is 66.8 Å². The number of nitrogen functional groups attached to an aromatic ring is 1. The van der Waals surface area contributed by atoms with Crippen molar-refractivity contribution in [3.05, 3.63) is 126 Å². The van der Waals surface area contributed by atoms with Crippen LogP contribution in [0.3, 0.4) is 0 Å². The van der Waals surface area contributed by atoms with Crippen LogP contribution < -0.4 is 15.5 Å². The van der Waals surface area contributed by atoms with E-state index in [2.05, 4.69) is 31.9 Å². The largest absolute Gasteiger partial charge is 0.444 e. The second-order valence-corrected chi connectivity index (χ2v) is 11.9. The summed E-state index contributed by atoms with van der Waals surface area (Å²) in [5, 5.41) is 11.3. The summed E-state index contributed by atoms with van der Waals surface area (Å²) in [5.74, 6) is 0. The van der Waals surface area contributed by atoms with Crippen LogP contribution in [0.4, 0.5) is 32.3 Å². The molecule has 2 heterocycles. The van der Waals surface area contributed by atoms with Crippen molar-refractivity contribution in [1.82, 2.24) is 0 Å². The van der Waals surface area contributed by atoms with E-state index in [1.54, 1.807) is 11.0 Å². The number of amides is 2. The molecule has 226 valence electrons. The Morgan fingerprint density at radius 2 is 1.20 bits per heavy atom. The number of nitro groups is 1. The van der Waals surface area contributed by atoms with E-state index in [-0.39, 0.29) is 25.0 Å². The lowest BCUT2D eigenvalue weighted by Gasteiger charge is -2.18. The lowest BCUT2D eigenvalue weighted by molar-refractivity contribution is -0.384. The Bertz CT molecular complexity index is 1690. The molecule has 12 heteroatoms. The van der Waals surface area contributed by atoms with Gasteiger partial charge in [-0.1, -0.05) is 92.5 Å². The number of hydrogen-bond donors (Lipinski definition) is 1. The van der Waals surface area contributed by atoms with Crippen LogP contribution in [-0.2, 0) is 35.5 Å². The topological polar surface area (TPSA) is 128 Å². The normalized spacial score (nSPS) is 13.0. The molecule has 0 atom stereocenters. The molecular formula is C32H28Br2N4O6. The van der Waals surface area contributed by atoms with Crippen LogP contribution in [0.5, 0.6) is 0 Å². The van der Waals surface area contributed by atoms with E-state index in [4.69, 9.17) is 15.2 Å². The SMILES string of the molecule is Nc1cc(Br)cc2c1N(C(=O)OCc1ccccc1)CC2.O=C(OCc1ccccc1)N1CCc2cc(Br)cc([N+](=O)[O-])c21. The second kappa shape index (κ2) is 13.9. The first-order valence-corrected chi connectivity index (χ1v) is 15.3. The van der Waals surface area contributed by atoms with Gasteiger partial charge in [0.15, 0.2) is 0 Å². The van der Waals surface area contributed by atoms with Crippen molar-refractivity contribution < 1.29 is 24.0 Å². The van der Waals surface area contributed by atoms with Crippen LogP contribution in [0, 0.1) is 10.1 Å². The fraction of sp³-hybridized carbons (Fsp3) is 0.188. The van der Waals surface area contributed by atoms with E-state index >= 15 is 0 Å². The zero-order valence-electron chi connectivity index (χ0n) is 23.4. The number of carbonyl (C=O) groups excluding carboxylic acids is 2. The van der Waals surface area contributed by atoms with Gasteiger partial charge in [0, 0.05) is 28.1 Å². The van der Waals surface area contributed by atoms with Crippen LogP contribution in [-0.4, -0.2) is 30.2 Å². The summed E-state index contributed by atoms with van der Waals surface area (Å²) < 4.78 is 12.2. The molecular weight excluding hydrogens is 696 g/mol. The molecule has 44 heavy (non-hydrogen) atoms. The van der Waals surface area contributed by atoms with Crippen molar-refractivity contribution in [3.63, 3.8) is 0 Å². The predicted octanol–water partition coefficient (Wildman–Crippen LogP) is 7.79. The molecule has 2 aliphatic rings. The zero-order valence-corrected chi connectivity index (χ0v) is 26.6. The van der Waals surface area contributed by atoms with Gasteiger partial charge >= 0.3 is 12.2 Å². The van der Waals surface area contributed by atoms with Crippen LogP contribution >= 0.6 is 31.9 Å². The Kier molecular flexibility index (Phi) is 9.81. The summed E-state index contributed by atoms with van der Waals surface area (Å²) in [7, 11) is 0. The maximum atomic E-state index is 12.3. The number of halogens is 2. The number of benzene rings is 4. The van der Waals surface area contributed by atoms with Gasteiger partial charge in [-0.3, -0.25) is 19.9 Å². The third kappa shape index (κ3) is 7.20. The Balaban J connectivity index is 0.000000175. The molecule has 0 aromatic heterocycles. The predicted molar refractivity (Wildman–Crippen MR) is 175 cm³/mol. The summed E-state index contributed by atoms with van der Waals surface area (Å²) in [5.41, 5.74) is 11.3. The summed E-state index contributed by atoms with van der Waals surface area (Å²) in [6.45, 7) is 1.38. The molecule has 0 aliphatic carbocycles. The molecule has 0 radical (unpaired) electrons. The highest BCUT2D eigenvalue weighted by Gasteiger charge is 2.34. The van der Waals surface area contributed by atoms with E-state index in [0.717, 1.165) is 38.8 Å². The number of anilines is 3. The average Bonchev–Trinajstić information content (AvgIpc) is 3.64. The summed E-state index contributed by atoms with van der Waals surface area (Å²) in [4.78, 5) is 38.3. The number of hydrogen-bond acceptors (Lipinski definition) is 7. The third-order valence-corrected chi connectivity index (χ3v) is 8.03. The number of carbonyl (C=O) groups is 2. The fourth-order valence-corrected chi connectivity index (χ4v) is 6.14. The van der Waals surface area contributed by atoms with Gasteiger partial charge in [-0.15, -0.1) is 0 Å². The molecule has 2 N–H and O–H groups in total. The smallest absolute Gasteiger partial charge is 0.414 e. The number of fused-ring (bicyclic) bond motifs is 2. The molecule has 2 amide bonds. The van der Waals surface area contributed by atoms with Gasteiger partial charge in [-0.05, 0) is 53.3 Å². The highest BCUT2D eigenvalue weighted by molar-refractivity contribution is 9.10. The van der Waals surface area contributed by atoms with Gasteiger partial charge in [0.2, 0.25) is 0 Å². The number of rotatable bonds is 5. The average molecular weight is 724 g/mol. The van der Waals surface area contributed by atoms with Crippen molar-refractivity contribution in [1.29, 1.82) is 0 Å². The van der Waals surface area contributed by atoms with Gasteiger partial charge in [-0.25, -0.2) is 9.59 Å². The molecule has 0 fully saturated rings. The van der Waals surface area contributed by atoms with Gasteiger partial charge in [0.25, 0.3) is 5.69 Å². The molecule has 0 saturated heterocycles. The first kappa shape index (κ1) is 31.0. The van der Waals surface area contributed by atoms with Gasteiger partial charge < -0.3 is 15.2 Å². The quantitative estimate of drug-likeness (QED) is 0.127. The molecule has 2 aliphatic heterocycles. The van der Waals surface area contributed by atoms with Crippen LogP contribution in [0.25, 0.3) is 0 Å². The lowest BCUT2D eigenvalue weighted by atomic mass is 10.1. The monoisotopic (exact) mass is 722 g/mol. The Morgan fingerprint density at radius 1 is 0.750 bits per heavy atom. The molecule has 0 unspecified atom stereocenters. The third-order valence-electron chi connectivity index (χ3n) is 7.11. The number of nitro benzene ring substituents is 1.